The number of carbonyl (C=O) groups excluding carboxylic acids is 1. The highest BCUT2D eigenvalue weighted by molar-refractivity contribution is 14.1. The predicted molar refractivity (Wildman–Crippen MR) is 151 cm³/mol. The van der Waals surface area contributed by atoms with Crippen LogP contribution in [-0.2, 0) is 4.79 Å². The third-order valence-electron chi connectivity index (χ3n) is 5.42. The van der Waals surface area contributed by atoms with Crippen LogP contribution in [-0.4, -0.2) is 21.2 Å². The quantitative estimate of drug-likeness (QED) is 0.130. The van der Waals surface area contributed by atoms with E-state index in [9.17, 15) is 9.59 Å². The lowest BCUT2D eigenvalue weighted by atomic mass is 10.2. The number of nitrogens with zero attached hydrogens (tertiary/aromatic N) is 3. The summed E-state index contributed by atoms with van der Waals surface area (Å²) in [5.41, 5.74) is 2.73. The van der Waals surface area contributed by atoms with Gasteiger partial charge in [0.2, 0.25) is 5.91 Å². The Kier molecular flexibility index (Phi) is 6.96. The summed E-state index contributed by atoms with van der Waals surface area (Å²) in [6, 6.07) is 34.1. The molecule has 1 heterocycles. The first kappa shape index (κ1) is 23.3. The van der Waals surface area contributed by atoms with Crippen LogP contribution in [0.1, 0.15) is 0 Å². The van der Waals surface area contributed by atoms with Gasteiger partial charge < -0.3 is 0 Å². The Balaban J connectivity index is 1.54. The molecule has 0 atom stereocenters. The highest BCUT2D eigenvalue weighted by atomic mass is 127. The zero-order valence-electron chi connectivity index (χ0n) is 18.5. The van der Waals surface area contributed by atoms with E-state index in [0.717, 1.165) is 14.9 Å². The molecule has 0 N–H and O–H groups in total. The SMILES string of the molecule is O=C(CSc1nc2ccc(I)cc2c(=O)n1-c1ccccc1)N(c1ccccc1)c1ccccc1. The van der Waals surface area contributed by atoms with E-state index in [-0.39, 0.29) is 17.2 Å². The highest BCUT2D eigenvalue weighted by Crippen LogP contribution is 2.28. The zero-order valence-corrected chi connectivity index (χ0v) is 21.5. The van der Waals surface area contributed by atoms with E-state index in [4.69, 9.17) is 4.98 Å². The second-order valence-electron chi connectivity index (χ2n) is 7.72. The minimum Gasteiger partial charge on any atom is -0.280 e. The molecule has 4 aromatic carbocycles. The molecule has 172 valence electrons. The maximum atomic E-state index is 13.5. The monoisotopic (exact) mass is 589 g/mol. The molecule has 0 aliphatic heterocycles. The Morgan fingerprint density at radius 2 is 1.40 bits per heavy atom. The Labute approximate surface area is 220 Å². The molecular weight excluding hydrogens is 569 g/mol. The van der Waals surface area contributed by atoms with Crippen molar-refractivity contribution in [2.75, 3.05) is 10.7 Å². The van der Waals surface area contributed by atoms with E-state index in [0.29, 0.717) is 21.7 Å². The smallest absolute Gasteiger partial charge is 0.266 e. The van der Waals surface area contributed by atoms with Gasteiger partial charge in [0.1, 0.15) is 0 Å². The maximum absolute atomic E-state index is 13.5. The van der Waals surface area contributed by atoms with Gasteiger partial charge >= 0.3 is 0 Å². The number of amides is 1. The molecule has 0 fully saturated rings. The topological polar surface area (TPSA) is 55.2 Å². The van der Waals surface area contributed by atoms with Crippen LogP contribution in [0.5, 0.6) is 0 Å². The van der Waals surface area contributed by atoms with E-state index in [1.807, 2.05) is 109 Å². The Morgan fingerprint density at radius 1 is 0.829 bits per heavy atom. The van der Waals surface area contributed by atoms with Gasteiger partial charge in [0.05, 0.1) is 22.3 Å². The van der Waals surface area contributed by atoms with Gasteiger partial charge in [0.25, 0.3) is 5.56 Å². The second-order valence-corrected chi connectivity index (χ2v) is 9.91. The van der Waals surface area contributed by atoms with Gasteiger partial charge in [-0.1, -0.05) is 66.4 Å². The van der Waals surface area contributed by atoms with Crippen molar-refractivity contribution in [3.05, 3.63) is 123 Å². The molecule has 7 heteroatoms. The number of aromatic nitrogens is 2. The third-order valence-corrected chi connectivity index (χ3v) is 7.01. The number of halogens is 1. The van der Waals surface area contributed by atoms with Crippen molar-refractivity contribution in [1.82, 2.24) is 9.55 Å². The molecule has 0 bridgehead atoms. The first-order valence-corrected chi connectivity index (χ1v) is 13.0. The molecule has 0 saturated heterocycles. The van der Waals surface area contributed by atoms with Gasteiger partial charge in [-0.15, -0.1) is 0 Å². The number of carbonyl (C=O) groups is 1. The Morgan fingerprint density at radius 3 is 2.00 bits per heavy atom. The van der Waals surface area contributed by atoms with Crippen LogP contribution in [0.2, 0.25) is 0 Å². The fourth-order valence-corrected chi connectivity index (χ4v) is 5.17. The fraction of sp³-hybridized carbons (Fsp3) is 0.0357. The first-order chi connectivity index (χ1) is 17.1. The van der Waals surface area contributed by atoms with Crippen molar-refractivity contribution in [2.24, 2.45) is 0 Å². The summed E-state index contributed by atoms with van der Waals surface area (Å²) in [6.07, 6.45) is 0. The Hall–Kier alpha value is -3.43. The van der Waals surface area contributed by atoms with Crippen molar-refractivity contribution < 1.29 is 4.79 Å². The fourth-order valence-electron chi connectivity index (χ4n) is 3.82. The summed E-state index contributed by atoms with van der Waals surface area (Å²) in [4.78, 5) is 33.6. The number of hydrogen-bond acceptors (Lipinski definition) is 4. The second kappa shape index (κ2) is 10.5. The molecule has 0 radical (unpaired) electrons. The maximum Gasteiger partial charge on any atom is 0.266 e. The molecule has 0 spiro atoms. The van der Waals surface area contributed by atoms with Crippen molar-refractivity contribution in [3.63, 3.8) is 0 Å². The van der Waals surface area contributed by atoms with Gasteiger partial charge in [-0.05, 0) is 77.2 Å². The number of rotatable bonds is 6. The van der Waals surface area contributed by atoms with E-state index >= 15 is 0 Å². The average molecular weight is 589 g/mol. The molecule has 0 unspecified atom stereocenters. The van der Waals surface area contributed by atoms with Crippen LogP contribution < -0.4 is 10.5 Å². The minimum absolute atomic E-state index is 0.107. The van der Waals surface area contributed by atoms with Crippen LogP contribution in [0, 0.1) is 3.57 Å². The van der Waals surface area contributed by atoms with Crippen LogP contribution in [0.15, 0.2) is 119 Å². The lowest BCUT2D eigenvalue weighted by Crippen LogP contribution is -2.28. The summed E-state index contributed by atoms with van der Waals surface area (Å²) in [6.45, 7) is 0. The molecule has 35 heavy (non-hydrogen) atoms. The summed E-state index contributed by atoms with van der Waals surface area (Å²) >= 11 is 3.45. The van der Waals surface area contributed by atoms with Crippen molar-refractivity contribution in [2.45, 2.75) is 5.16 Å². The molecule has 0 aliphatic rings. The number of hydrogen-bond donors (Lipinski definition) is 0. The summed E-state index contributed by atoms with van der Waals surface area (Å²) in [5.74, 6) is 0.00262. The molecule has 5 rings (SSSR count). The molecule has 5 aromatic rings. The van der Waals surface area contributed by atoms with Gasteiger partial charge in [-0.2, -0.15) is 0 Å². The number of anilines is 2. The van der Waals surface area contributed by atoms with Crippen LogP contribution >= 0.6 is 34.4 Å². The molecule has 0 saturated carbocycles. The standard InChI is InChI=1S/C28H20IN3O2S/c29-20-16-17-25-24(18-20)27(34)32(23-14-8-3-9-15-23)28(30-25)35-19-26(33)31(21-10-4-1-5-11-21)22-12-6-2-7-13-22/h1-18H,19H2. The first-order valence-electron chi connectivity index (χ1n) is 11.0. The number of benzene rings is 4. The molecule has 1 aromatic heterocycles. The lowest BCUT2D eigenvalue weighted by molar-refractivity contribution is -0.115. The van der Waals surface area contributed by atoms with Crippen LogP contribution in [0.3, 0.4) is 0 Å². The van der Waals surface area contributed by atoms with Gasteiger partial charge in [0, 0.05) is 14.9 Å². The predicted octanol–water partition coefficient (Wildman–Crippen LogP) is 6.45. The Bertz CT molecular complexity index is 1500. The minimum atomic E-state index is -0.155. The largest absolute Gasteiger partial charge is 0.280 e. The molecule has 5 nitrogen and oxygen atoms in total. The average Bonchev–Trinajstić information content (AvgIpc) is 2.90. The van der Waals surface area contributed by atoms with Crippen molar-refractivity contribution >= 4 is 62.5 Å². The number of fused-ring (bicyclic) bond motifs is 1. The van der Waals surface area contributed by atoms with Crippen molar-refractivity contribution in [1.29, 1.82) is 0 Å². The highest BCUT2D eigenvalue weighted by Gasteiger charge is 2.20. The zero-order chi connectivity index (χ0) is 24.2. The molecule has 1 amide bonds. The van der Waals surface area contributed by atoms with Gasteiger partial charge in [-0.25, -0.2) is 4.98 Å². The van der Waals surface area contributed by atoms with E-state index in [1.165, 1.54) is 11.8 Å². The molecule has 0 aliphatic carbocycles. The number of thioether (sulfide) groups is 1. The van der Waals surface area contributed by atoms with E-state index < -0.39 is 0 Å². The van der Waals surface area contributed by atoms with E-state index in [2.05, 4.69) is 22.6 Å². The van der Waals surface area contributed by atoms with Crippen LogP contribution in [0.4, 0.5) is 11.4 Å². The van der Waals surface area contributed by atoms with Gasteiger partial charge in [0.15, 0.2) is 5.16 Å². The number of para-hydroxylation sites is 3. The summed E-state index contributed by atoms with van der Waals surface area (Å²) < 4.78 is 2.55. The summed E-state index contributed by atoms with van der Waals surface area (Å²) in [7, 11) is 0. The van der Waals surface area contributed by atoms with Crippen molar-refractivity contribution in [3.8, 4) is 5.69 Å². The third kappa shape index (κ3) is 5.01. The van der Waals surface area contributed by atoms with Gasteiger partial charge in [-0.3, -0.25) is 19.1 Å². The van der Waals surface area contributed by atoms with Crippen LogP contribution in [0.25, 0.3) is 16.6 Å². The molecular formula is C28H20IN3O2S. The lowest BCUT2D eigenvalue weighted by Gasteiger charge is -2.23. The van der Waals surface area contributed by atoms with E-state index in [1.54, 1.807) is 9.47 Å². The normalized spacial score (nSPS) is 10.9. The summed E-state index contributed by atoms with van der Waals surface area (Å²) in [5, 5.41) is 1.02.